The first-order valence-electron chi connectivity index (χ1n) is 6.83. The number of carboxylic acid groups (broad SMARTS) is 1. The molecule has 1 unspecified atom stereocenters. The molecule has 0 aromatic carbocycles. The molecule has 0 aromatic rings. The second kappa shape index (κ2) is 7.99. The fourth-order valence-electron chi connectivity index (χ4n) is 1.97. The molecule has 0 aliphatic heterocycles. The number of nitrogens with zero attached hydrogens (tertiary/aromatic N) is 1. The lowest BCUT2D eigenvalue weighted by Crippen LogP contribution is -2.44. The first-order valence-corrected chi connectivity index (χ1v) is 6.83. The van der Waals surface area contributed by atoms with Gasteiger partial charge in [0.05, 0.1) is 6.61 Å². The SMILES string of the molecule is CCC(CNC(=O)N(CCOC)C1CC1)CC(=O)O. The average molecular weight is 272 g/mol. The number of urea groups is 1. The summed E-state index contributed by atoms with van der Waals surface area (Å²) in [7, 11) is 1.61. The molecule has 1 aliphatic carbocycles. The number of hydrogen-bond donors (Lipinski definition) is 2. The monoisotopic (exact) mass is 272 g/mol. The predicted octanol–water partition coefficient (Wildman–Crippen LogP) is 1.31. The summed E-state index contributed by atoms with van der Waals surface area (Å²) in [6.45, 7) is 3.46. The average Bonchev–Trinajstić information content (AvgIpc) is 3.19. The number of hydrogen-bond acceptors (Lipinski definition) is 3. The van der Waals surface area contributed by atoms with E-state index in [0.29, 0.717) is 25.7 Å². The Morgan fingerprint density at radius 3 is 2.63 bits per heavy atom. The zero-order valence-corrected chi connectivity index (χ0v) is 11.7. The second-order valence-corrected chi connectivity index (χ2v) is 4.98. The van der Waals surface area contributed by atoms with Crippen molar-refractivity contribution in [3.63, 3.8) is 0 Å². The molecule has 1 aliphatic rings. The van der Waals surface area contributed by atoms with E-state index in [0.717, 1.165) is 19.3 Å². The minimum atomic E-state index is -0.820. The molecular weight excluding hydrogens is 248 g/mol. The van der Waals surface area contributed by atoms with E-state index in [1.165, 1.54) is 0 Å². The summed E-state index contributed by atoms with van der Waals surface area (Å²) in [5.41, 5.74) is 0. The number of ether oxygens (including phenoxy) is 1. The Morgan fingerprint density at radius 2 is 2.16 bits per heavy atom. The third kappa shape index (κ3) is 5.92. The van der Waals surface area contributed by atoms with Crippen molar-refractivity contribution in [2.24, 2.45) is 5.92 Å². The quantitative estimate of drug-likeness (QED) is 0.663. The van der Waals surface area contributed by atoms with Crippen molar-refractivity contribution in [1.29, 1.82) is 0 Å². The standard InChI is InChI=1S/C13H24N2O4/c1-3-10(8-12(16)17)9-14-13(18)15(6-7-19-2)11-4-5-11/h10-11H,3-9H2,1-2H3,(H,14,18)(H,16,17). The summed E-state index contributed by atoms with van der Waals surface area (Å²) in [5.74, 6) is -0.829. The van der Waals surface area contributed by atoms with Gasteiger partial charge in [-0.05, 0) is 18.8 Å². The van der Waals surface area contributed by atoms with Crippen LogP contribution in [0.3, 0.4) is 0 Å². The lowest BCUT2D eigenvalue weighted by molar-refractivity contribution is -0.138. The molecule has 19 heavy (non-hydrogen) atoms. The first-order chi connectivity index (χ1) is 9.08. The molecule has 0 bridgehead atoms. The van der Waals surface area contributed by atoms with Crippen LogP contribution in [0.5, 0.6) is 0 Å². The van der Waals surface area contributed by atoms with Crippen molar-refractivity contribution in [3.05, 3.63) is 0 Å². The van der Waals surface area contributed by atoms with Crippen molar-refractivity contribution >= 4 is 12.0 Å². The van der Waals surface area contributed by atoms with Crippen LogP contribution in [0.2, 0.25) is 0 Å². The highest BCUT2D eigenvalue weighted by molar-refractivity contribution is 5.75. The van der Waals surface area contributed by atoms with E-state index < -0.39 is 5.97 Å². The molecule has 1 fully saturated rings. The zero-order valence-electron chi connectivity index (χ0n) is 11.7. The third-order valence-electron chi connectivity index (χ3n) is 3.37. The van der Waals surface area contributed by atoms with Gasteiger partial charge in [-0.2, -0.15) is 0 Å². The molecule has 0 saturated heterocycles. The maximum atomic E-state index is 12.0. The molecule has 110 valence electrons. The second-order valence-electron chi connectivity index (χ2n) is 4.98. The fourth-order valence-corrected chi connectivity index (χ4v) is 1.97. The molecule has 1 rings (SSSR count). The van der Waals surface area contributed by atoms with Crippen LogP contribution in [-0.4, -0.2) is 54.9 Å². The van der Waals surface area contributed by atoms with E-state index in [2.05, 4.69) is 5.32 Å². The summed E-state index contributed by atoms with van der Waals surface area (Å²) in [6, 6.07) is 0.220. The van der Waals surface area contributed by atoms with Gasteiger partial charge >= 0.3 is 12.0 Å². The lowest BCUT2D eigenvalue weighted by atomic mass is 10.0. The molecule has 6 nitrogen and oxygen atoms in total. The molecule has 0 radical (unpaired) electrons. The van der Waals surface area contributed by atoms with Gasteiger partial charge in [0.25, 0.3) is 0 Å². The molecular formula is C13H24N2O4. The van der Waals surface area contributed by atoms with E-state index in [-0.39, 0.29) is 18.4 Å². The Hall–Kier alpha value is -1.30. The van der Waals surface area contributed by atoms with Gasteiger partial charge in [0, 0.05) is 32.7 Å². The van der Waals surface area contributed by atoms with Crippen LogP contribution in [-0.2, 0) is 9.53 Å². The maximum absolute atomic E-state index is 12.0. The minimum absolute atomic E-state index is 0.00933. The largest absolute Gasteiger partial charge is 0.481 e. The highest BCUT2D eigenvalue weighted by Gasteiger charge is 2.32. The number of amides is 2. The summed E-state index contributed by atoms with van der Waals surface area (Å²) >= 11 is 0. The van der Waals surface area contributed by atoms with Crippen LogP contribution >= 0.6 is 0 Å². The van der Waals surface area contributed by atoms with Gasteiger partial charge in [0.1, 0.15) is 0 Å². The van der Waals surface area contributed by atoms with Crippen LogP contribution in [0.25, 0.3) is 0 Å². The molecule has 2 N–H and O–H groups in total. The van der Waals surface area contributed by atoms with Crippen molar-refractivity contribution in [2.75, 3.05) is 26.8 Å². The maximum Gasteiger partial charge on any atom is 0.317 e. The minimum Gasteiger partial charge on any atom is -0.481 e. The van der Waals surface area contributed by atoms with Crippen LogP contribution in [0.15, 0.2) is 0 Å². The molecule has 2 amide bonds. The van der Waals surface area contributed by atoms with Crippen molar-refractivity contribution in [1.82, 2.24) is 10.2 Å². The Morgan fingerprint density at radius 1 is 1.47 bits per heavy atom. The van der Waals surface area contributed by atoms with E-state index in [4.69, 9.17) is 9.84 Å². The van der Waals surface area contributed by atoms with Crippen molar-refractivity contribution < 1.29 is 19.4 Å². The Labute approximate surface area is 114 Å². The van der Waals surface area contributed by atoms with Crippen molar-refractivity contribution in [3.8, 4) is 0 Å². The van der Waals surface area contributed by atoms with Gasteiger partial charge in [-0.1, -0.05) is 13.3 Å². The molecule has 0 aromatic heterocycles. The summed E-state index contributed by atoms with van der Waals surface area (Å²) in [4.78, 5) is 24.5. The van der Waals surface area contributed by atoms with Gasteiger partial charge in [0.15, 0.2) is 0 Å². The summed E-state index contributed by atoms with van der Waals surface area (Å²) < 4.78 is 5.00. The highest BCUT2D eigenvalue weighted by Crippen LogP contribution is 2.26. The van der Waals surface area contributed by atoms with Crippen LogP contribution in [0, 0.1) is 5.92 Å². The van der Waals surface area contributed by atoms with Gasteiger partial charge in [-0.3, -0.25) is 4.79 Å². The zero-order chi connectivity index (χ0) is 14.3. The summed E-state index contributed by atoms with van der Waals surface area (Å²) in [5, 5.41) is 11.6. The molecule has 0 spiro atoms. The molecule has 1 saturated carbocycles. The lowest BCUT2D eigenvalue weighted by Gasteiger charge is -2.23. The third-order valence-corrected chi connectivity index (χ3v) is 3.37. The Kier molecular flexibility index (Phi) is 6.62. The van der Waals surface area contributed by atoms with Gasteiger partial charge in [-0.25, -0.2) is 4.79 Å². The molecule has 0 heterocycles. The fraction of sp³-hybridized carbons (Fsp3) is 0.846. The number of methoxy groups -OCH3 is 1. The van der Waals surface area contributed by atoms with Crippen LogP contribution < -0.4 is 5.32 Å². The van der Waals surface area contributed by atoms with Gasteiger partial charge < -0.3 is 20.1 Å². The normalized spacial score (nSPS) is 15.9. The Balaban J connectivity index is 2.36. The smallest absolute Gasteiger partial charge is 0.317 e. The molecule has 6 heteroatoms. The van der Waals surface area contributed by atoms with E-state index in [1.54, 1.807) is 12.0 Å². The Bertz CT molecular complexity index is 305. The van der Waals surface area contributed by atoms with E-state index >= 15 is 0 Å². The van der Waals surface area contributed by atoms with Crippen LogP contribution in [0.1, 0.15) is 32.6 Å². The number of carboxylic acids is 1. The predicted molar refractivity (Wildman–Crippen MR) is 71.0 cm³/mol. The highest BCUT2D eigenvalue weighted by atomic mass is 16.5. The number of nitrogens with one attached hydrogen (secondary N) is 1. The first kappa shape index (κ1) is 15.8. The number of rotatable bonds is 9. The van der Waals surface area contributed by atoms with E-state index in [1.807, 2.05) is 6.92 Å². The number of aliphatic carboxylic acids is 1. The topological polar surface area (TPSA) is 78.9 Å². The van der Waals surface area contributed by atoms with Crippen LogP contribution in [0.4, 0.5) is 4.79 Å². The number of carbonyl (C=O) groups is 2. The van der Waals surface area contributed by atoms with Gasteiger partial charge in [-0.15, -0.1) is 0 Å². The van der Waals surface area contributed by atoms with E-state index in [9.17, 15) is 9.59 Å². The number of carbonyl (C=O) groups excluding carboxylic acids is 1. The summed E-state index contributed by atoms with van der Waals surface area (Å²) in [6.07, 6.45) is 2.93. The van der Waals surface area contributed by atoms with Gasteiger partial charge in [0.2, 0.25) is 0 Å². The van der Waals surface area contributed by atoms with Crippen molar-refractivity contribution in [2.45, 2.75) is 38.6 Å². The molecule has 1 atom stereocenters.